The fraction of sp³-hybridized carbons (Fsp3) is 0.467. The Balaban J connectivity index is 2.04. The van der Waals surface area contributed by atoms with E-state index in [1.165, 1.54) is 0 Å². The van der Waals surface area contributed by atoms with Crippen LogP contribution in [0, 0.1) is 0 Å². The minimum absolute atomic E-state index is 0.130. The van der Waals surface area contributed by atoms with E-state index in [0.29, 0.717) is 24.7 Å². The summed E-state index contributed by atoms with van der Waals surface area (Å²) < 4.78 is 10.8. The van der Waals surface area contributed by atoms with Crippen LogP contribution >= 0.6 is 0 Å². The minimum Gasteiger partial charge on any atom is -0.493 e. The first kappa shape index (κ1) is 14.5. The first-order valence-corrected chi connectivity index (χ1v) is 7.00. The quantitative estimate of drug-likeness (QED) is 0.751. The molecule has 2 rings (SSSR count). The third-order valence-corrected chi connectivity index (χ3v) is 2.88. The summed E-state index contributed by atoms with van der Waals surface area (Å²) in [6.45, 7) is 2.75. The number of aliphatic hydroxyl groups excluding tert-OH is 1. The summed E-state index contributed by atoms with van der Waals surface area (Å²) in [6.07, 6.45) is 3.58. The fourth-order valence-corrected chi connectivity index (χ4v) is 1.78. The predicted octanol–water partition coefficient (Wildman–Crippen LogP) is 2.84. The maximum atomic E-state index is 8.74. The van der Waals surface area contributed by atoms with E-state index in [-0.39, 0.29) is 6.61 Å². The summed E-state index contributed by atoms with van der Waals surface area (Å²) in [7, 11) is 0. The van der Waals surface area contributed by atoms with Gasteiger partial charge in [-0.25, -0.2) is 0 Å². The summed E-state index contributed by atoms with van der Waals surface area (Å²) >= 11 is 0. The standard InChI is InChI=1S/C15H20N2O3/c1-2-3-8-14-16-15(17-20-14)12-6-4-7-13(11-12)19-10-5-9-18/h4,6-7,11,18H,2-3,5,8-10H2,1H3. The Labute approximate surface area is 118 Å². The number of ether oxygens (including phenoxy) is 1. The van der Waals surface area contributed by atoms with Crippen molar-refractivity contribution in [1.82, 2.24) is 10.1 Å². The number of aromatic nitrogens is 2. The van der Waals surface area contributed by atoms with Crippen LogP contribution in [0.1, 0.15) is 32.1 Å². The molecule has 5 nitrogen and oxygen atoms in total. The number of benzene rings is 1. The van der Waals surface area contributed by atoms with E-state index in [1.807, 2.05) is 24.3 Å². The highest BCUT2D eigenvalue weighted by Gasteiger charge is 2.09. The van der Waals surface area contributed by atoms with Gasteiger partial charge in [-0.3, -0.25) is 0 Å². The van der Waals surface area contributed by atoms with Crippen LogP contribution in [-0.2, 0) is 6.42 Å². The largest absolute Gasteiger partial charge is 0.493 e. The van der Waals surface area contributed by atoms with Gasteiger partial charge in [0.25, 0.3) is 0 Å². The fourth-order valence-electron chi connectivity index (χ4n) is 1.78. The zero-order valence-electron chi connectivity index (χ0n) is 11.7. The van der Waals surface area contributed by atoms with Crippen LogP contribution in [0.4, 0.5) is 0 Å². The molecule has 5 heteroatoms. The summed E-state index contributed by atoms with van der Waals surface area (Å²) in [6, 6.07) is 7.57. The van der Waals surface area contributed by atoms with Crippen LogP contribution in [0.15, 0.2) is 28.8 Å². The Morgan fingerprint density at radius 1 is 1.30 bits per heavy atom. The normalized spacial score (nSPS) is 10.7. The van der Waals surface area contributed by atoms with Gasteiger partial charge in [0, 0.05) is 25.0 Å². The summed E-state index contributed by atoms with van der Waals surface area (Å²) in [5.41, 5.74) is 0.873. The lowest BCUT2D eigenvalue weighted by atomic mass is 10.2. The molecule has 0 aliphatic heterocycles. The Morgan fingerprint density at radius 2 is 2.20 bits per heavy atom. The Kier molecular flexibility index (Phi) is 5.55. The molecule has 0 amide bonds. The maximum Gasteiger partial charge on any atom is 0.226 e. The van der Waals surface area contributed by atoms with Crippen LogP contribution in [0.25, 0.3) is 11.4 Å². The average molecular weight is 276 g/mol. The Hall–Kier alpha value is -1.88. The molecule has 0 bridgehead atoms. The highest BCUT2D eigenvalue weighted by atomic mass is 16.5. The lowest BCUT2D eigenvalue weighted by Gasteiger charge is -2.05. The molecule has 0 atom stereocenters. The molecule has 1 heterocycles. The van der Waals surface area contributed by atoms with Crippen molar-refractivity contribution in [1.29, 1.82) is 0 Å². The van der Waals surface area contributed by atoms with Gasteiger partial charge in [0.05, 0.1) is 6.61 Å². The van der Waals surface area contributed by atoms with Crippen molar-refractivity contribution in [3.63, 3.8) is 0 Å². The SMILES string of the molecule is CCCCc1nc(-c2cccc(OCCCO)c2)no1. The van der Waals surface area contributed by atoms with Gasteiger partial charge in [0.15, 0.2) is 0 Å². The molecule has 0 saturated carbocycles. The molecule has 20 heavy (non-hydrogen) atoms. The van der Waals surface area contributed by atoms with Crippen LogP contribution in [0.5, 0.6) is 5.75 Å². The number of hydrogen-bond donors (Lipinski definition) is 1. The molecule has 0 fully saturated rings. The summed E-state index contributed by atoms with van der Waals surface area (Å²) in [5.74, 6) is 2.01. The van der Waals surface area contributed by atoms with E-state index in [0.717, 1.165) is 30.6 Å². The van der Waals surface area contributed by atoms with E-state index >= 15 is 0 Å². The Morgan fingerprint density at radius 3 is 3.00 bits per heavy atom. The van der Waals surface area contributed by atoms with Gasteiger partial charge in [-0.15, -0.1) is 0 Å². The number of aryl methyl sites for hydroxylation is 1. The topological polar surface area (TPSA) is 68.4 Å². The third-order valence-electron chi connectivity index (χ3n) is 2.88. The third kappa shape index (κ3) is 4.06. The second-order valence-corrected chi connectivity index (χ2v) is 4.57. The highest BCUT2D eigenvalue weighted by Crippen LogP contribution is 2.22. The Bertz CT molecular complexity index is 525. The molecule has 1 aromatic heterocycles. The van der Waals surface area contributed by atoms with Gasteiger partial charge in [-0.1, -0.05) is 30.6 Å². The van der Waals surface area contributed by atoms with Crippen molar-refractivity contribution in [2.24, 2.45) is 0 Å². The molecule has 0 spiro atoms. The van der Waals surface area contributed by atoms with Crippen molar-refractivity contribution in [2.45, 2.75) is 32.6 Å². The predicted molar refractivity (Wildman–Crippen MR) is 75.5 cm³/mol. The number of aliphatic hydroxyl groups is 1. The van der Waals surface area contributed by atoms with Gasteiger partial charge >= 0.3 is 0 Å². The zero-order valence-corrected chi connectivity index (χ0v) is 11.7. The molecule has 1 aromatic carbocycles. The average Bonchev–Trinajstić information content (AvgIpc) is 2.95. The van der Waals surface area contributed by atoms with Gasteiger partial charge in [0.1, 0.15) is 5.75 Å². The molecule has 0 aliphatic rings. The number of hydrogen-bond acceptors (Lipinski definition) is 5. The van der Waals surface area contributed by atoms with Crippen molar-refractivity contribution in [2.75, 3.05) is 13.2 Å². The zero-order chi connectivity index (χ0) is 14.2. The van der Waals surface area contributed by atoms with Gasteiger partial charge in [-0.2, -0.15) is 4.98 Å². The number of rotatable bonds is 8. The van der Waals surface area contributed by atoms with Crippen molar-refractivity contribution in [3.8, 4) is 17.1 Å². The van der Waals surface area contributed by atoms with E-state index in [1.54, 1.807) is 0 Å². The van der Waals surface area contributed by atoms with Crippen LogP contribution in [0.3, 0.4) is 0 Å². The van der Waals surface area contributed by atoms with Crippen molar-refractivity contribution < 1.29 is 14.4 Å². The van der Waals surface area contributed by atoms with E-state index in [9.17, 15) is 0 Å². The van der Waals surface area contributed by atoms with Crippen LogP contribution in [0.2, 0.25) is 0 Å². The lowest BCUT2D eigenvalue weighted by molar-refractivity contribution is 0.233. The summed E-state index contributed by atoms with van der Waals surface area (Å²) in [4.78, 5) is 4.38. The van der Waals surface area contributed by atoms with Crippen molar-refractivity contribution in [3.05, 3.63) is 30.2 Å². The first-order chi connectivity index (χ1) is 9.83. The number of nitrogens with zero attached hydrogens (tertiary/aromatic N) is 2. The molecular formula is C15H20N2O3. The second-order valence-electron chi connectivity index (χ2n) is 4.57. The van der Waals surface area contributed by atoms with E-state index in [2.05, 4.69) is 17.1 Å². The summed E-state index contributed by atoms with van der Waals surface area (Å²) in [5, 5.41) is 12.7. The molecule has 0 unspecified atom stereocenters. The molecule has 1 N–H and O–H groups in total. The number of unbranched alkanes of at least 4 members (excludes halogenated alkanes) is 1. The first-order valence-electron chi connectivity index (χ1n) is 7.00. The monoisotopic (exact) mass is 276 g/mol. The molecule has 0 saturated heterocycles. The second kappa shape index (κ2) is 7.65. The van der Waals surface area contributed by atoms with Gasteiger partial charge < -0.3 is 14.4 Å². The van der Waals surface area contributed by atoms with Crippen LogP contribution in [-0.4, -0.2) is 28.5 Å². The lowest BCUT2D eigenvalue weighted by Crippen LogP contribution is -1.99. The van der Waals surface area contributed by atoms with Gasteiger partial charge in [0.2, 0.25) is 11.7 Å². The van der Waals surface area contributed by atoms with Crippen molar-refractivity contribution >= 4 is 0 Å². The highest BCUT2D eigenvalue weighted by molar-refractivity contribution is 5.56. The molecule has 0 radical (unpaired) electrons. The van der Waals surface area contributed by atoms with E-state index in [4.69, 9.17) is 14.4 Å². The smallest absolute Gasteiger partial charge is 0.226 e. The van der Waals surface area contributed by atoms with Crippen LogP contribution < -0.4 is 4.74 Å². The van der Waals surface area contributed by atoms with E-state index < -0.39 is 0 Å². The molecular weight excluding hydrogens is 256 g/mol. The van der Waals surface area contributed by atoms with Gasteiger partial charge in [-0.05, 0) is 18.6 Å². The molecule has 108 valence electrons. The maximum absolute atomic E-state index is 8.74. The molecule has 0 aliphatic carbocycles. The minimum atomic E-state index is 0.130. The molecule has 2 aromatic rings.